The summed E-state index contributed by atoms with van der Waals surface area (Å²) < 4.78 is 14.3. The van der Waals surface area contributed by atoms with Crippen LogP contribution in [-0.4, -0.2) is 42.6 Å². The van der Waals surface area contributed by atoms with Gasteiger partial charge in [-0.3, -0.25) is 4.40 Å². The summed E-state index contributed by atoms with van der Waals surface area (Å²) in [5.41, 5.74) is 5.68. The van der Waals surface area contributed by atoms with Crippen LogP contribution in [0.4, 0.5) is 9.59 Å². The van der Waals surface area contributed by atoms with Crippen LogP contribution in [-0.2, 0) is 15.0 Å². The largest absolute Gasteiger partial charge is 0.444 e. The highest BCUT2D eigenvalue weighted by atomic mass is 16.6. The SMILES string of the molecule is CC(C)(C)OC(=O)NC1(c2ccc(-c3nc4cc(-c5cnn(C(=O)OC(C)(C)C)c5)ccn4c3-c3ccccc3)cc2)CCC1. The van der Waals surface area contributed by atoms with Crippen molar-refractivity contribution in [2.24, 2.45) is 0 Å². The molecule has 0 unspecified atom stereocenters. The number of aromatic nitrogens is 4. The number of nitrogens with zero attached hydrogens (tertiary/aromatic N) is 4. The number of amides is 1. The molecular formula is C36H39N5O4. The smallest absolute Gasteiger partial charge is 0.435 e. The first kappa shape index (κ1) is 30.1. The molecule has 3 aromatic heterocycles. The fourth-order valence-electron chi connectivity index (χ4n) is 5.64. The minimum absolute atomic E-state index is 0.398. The van der Waals surface area contributed by atoms with Crippen molar-refractivity contribution in [3.05, 3.63) is 90.9 Å². The summed E-state index contributed by atoms with van der Waals surface area (Å²) in [6.45, 7) is 11.1. The van der Waals surface area contributed by atoms with E-state index in [4.69, 9.17) is 14.5 Å². The van der Waals surface area contributed by atoms with E-state index in [1.807, 2.05) is 78.1 Å². The number of hydrogen-bond donors (Lipinski definition) is 1. The van der Waals surface area contributed by atoms with Gasteiger partial charge in [-0.05, 0) is 84.1 Å². The molecular weight excluding hydrogens is 566 g/mol. The molecule has 6 rings (SSSR count). The maximum absolute atomic E-state index is 12.7. The second-order valence-corrected chi connectivity index (χ2v) is 13.6. The first-order valence-electron chi connectivity index (χ1n) is 15.3. The number of alkyl carbamates (subject to hydrolysis) is 1. The first-order chi connectivity index (χ1) is 21.3. The molecule has 1 aliphatic rings. The average molecular weight is 606 g/mol. The minimum Gasteiger partial charge on any atom is -0.444 e. The summed E-state index contributed by atoms with van der Waals surface area (Å²) >= 11 is 0. The second kappa shape index (κ2) is 11.2. The van der Waals surface area contributed by atoms with Gasteiger partial charge in [-0.2, -0.15) is 9.78 Å². The van der Waals surface area contributed by atoms with E-state index in [9.17, 15) is 9.59 Å². The predicted octanol–water partition coefficient (Wildman–Crippen LogP) is 8.22. The van der Waals surface area contributed by atoms with Gasteiger partial charge in [-0.15, -0.1) is 0 Å². The highest BCUT2D eigenvalue weighted by Crippen LogP contribution is 2.42. The van der Waals surface area contributed by atoms with Crippen molar-refractivity contribution >= 4 is 17.8 Å². The Kier molecular flexibility index (Phi) is 7.51. The number of imidazole rings is 1. The second-order valence-electron chi connectivity index (χ2n) is 13.6. The molecule has 1 fully saturated rings. The standard InChI is InChI=1S/C36H39N5O4/c1-34(2,3)44-32(42)39-36(18-10-19-36)28-15-13-24(14-16-28)30-31(25-11-8-7-9-12-25)40-20-17-26(21-29(40)38-30)27-22-37-41(23-27)33(43)45-35(4,5)6/h7-9,11-17,20-23H,10,18-19H2,1-6H3,(H,39,42). The number of rotatable bonds is 5. The van der Waals surface area contributed by atoms with Crippen LogP contribution < -0.4 is 5.32 Å². The van der Waals surface area contributed by atoms with Crippen LogP contribution in [0.15, 0.2) is 85.3 Å². The summed E-state index contributed by atoms with van der Waals surface area (Å²) in [6.07, 6.45) is 7.16. The lowest BCUT2D eigenvalue weighted by Crippen LogP contribution is -2.52. The predicted molar refractivity (Wildman–Crippen MR) is 174 cm³/mol. The van der Waals surface area contributed by atoms with Gasteiger partial charge < -0.3 is 14.8 Å². The first-order valence-corrected chi connectivity index (χ1v) is 15.3. The van der Waals surface area contributed by atoms with Gasteiger partial charge in [-0.25, -0.2) is 14.6 Å². The van der Waals surface area contributed by atoms with E-state index in [1.54, 1.807) is 12.4 Å². The molecule has 1 saturated carbocycles. The summed E-state index contributed by atoms with van der Waals surface area (Å²) in [7, 11) is 0. The van der Waals surface area contributed by atoms with Crippen LogP contribution in [0, 0.1) is 0 Å². The van der Waals surface area contributed by atoms with Crippen molar-refractivity contribution in [1.82, 2.24) is 24.5 Å². The molecule has 0 radical (unpaired) electrons. The summed E-state index contributed by atoms with van der Waals surface area (Å²) in [6, 6.07) is 22.5. The number of pyridine rings is 1. The van der Waals surface area contributed by atoms with Crippen LogP contribution in [0.5, 0.6) is 0 Å². The molecule has 3 heterocycles. The minimum atomic E-state index is -0.618. The molecule has 0 aliphatic heterocycles. The number of fused-ring (bicyclic) bond motifs is 1. The number of carbonyl (C=O) groups excluding carboxylic acids is 2. The zero-order valence-electron chi connectivity index (χ0n) is 26.6. The molecule has 1 amide bonds. The average Bonchev–Trinajstić information content (AvgIpc) is 3.59. The number of nitrogens with one attached hydrogen (secondary N) is 1. The van der Waals surface area contributed by atoms with Crippen molar-refractivity contribution in [2.45, 2.75) is 77.5 Å². The van der Waals surface area contributed by atoms with E-state index in [-0.39, 0.29) is 0 Å². The lowest BCUT2D eigenvalue weighted by molar-refractivity contribution is 0.0376. The zero-order chi connectivity index (χ0) is 32.0. The van der Waals surface area contributed by atoms with Gasteiger partial charge in [0.15, 0.2) is 0 Å². The van der Waals surface area contributed by atoms with E-state index >= 15 is 0 Å². The van der Waals surface area contributed by atoms with E-state index in [2.05, 4.69) is 51.2 Å². The van der Waals surface area contributed by atoms with Crippen molar-refractivity contribution in [2.75, 3.05) is 0 Å². The van der Waals surface area contributed by atoms with Gasteiger partial charge in [0.1, 0.15) is 16.8 Å². The van der Waals surface area contributed by atoms with Gasteiger partial charge >= 0.3 is 12.2 Å². The molecule has 1 N–H and O–H groups in total. The third-order valence-corrected chi connectivity index (χ3v) is 7.83. The molecule has 9 nitrogen and oxygen atoms in total. The zero-order valence-corrected chi connectivity index (χ0v) is 26.6. The van der Waals surface area contributed by atoms with E-state index in [1.165, 1.54) is 4.68 Å². The van der Waals surface area contributed by atoms with Gasteiger partial charge in [0.25, 0.3) is 0 Å². The summed E-state index contributed by atoms with van der Waals surface area (Å²) in [5.74, 6) is 0. The lowest BCUT2D eigenvalue weighted by atomic mass is 9.71. The Bertz CT molecular complexity index is 1850. The number of ether oxygens (including phenoxy) is 2. The van der Waals surface area contributed by atoms with Gasteiger partial charge in [0, 0.05) is 29.1 Å². The normalized spacial score (nSPS) is 14.5. The quantitative estimate of drug-likeness (QED) is 0.217. The number of benzene rings is 2. The molecule has 5 aromatic rings. The molecule has 0 atom stereocenters. The Balaban J connectivity index is 1.35. The molecule has 232 valence electrons. The maximum atomic E-state index is 12.7. The Hall–Kier alpha value is -4.92. The van der Waals surface area contributed by atoms with Gasteiger partial charge in [-0.1, -0.05) is 54.6 Å². The third kappa shape index (κ3) is 6.34. The highest BCUT2D eigenvalue weighted by Gasteiger charge is 2.41. The number of hydrogen-bond acceptors (Lipinski definition) is 6. The van der Waals surface area contributed by atoms with Crippen molar-refractivity contribution < 1.29 is 19.1 Å². The van der Waals surface area contributed by atoms with Gasteiger partial charge in [0.05, 0.1) is 23.1 Å². The highest BCUT2D eigenvalue weighted by molar-refractivity contribution is 5.83. The van der Waals surface area contributed by atoms with Crippen molar-refractivity contribution in [3.8, 4) is 33.6 Å². The monoisotopic (exact) mass is 605 g/mol. The Morgan fingerprint density at radius 2 is 1.51 bits per heavy atom. The molecule has 2 aromatic carbocycles. The summed E-state index contributed by atoms with van der Waals surface area (Å²) in [5, 5.41) is 7.38. The fraction of sp³-hybridized carbons (Fsp3) is 0.333. The topological polar surface area (TPSA) is 99.7 Å². The molecule has 0 bridgehead atoms. The van der Waals surface area contributed by atoms with Crippen molar-refractivity contribution in [3.63, 3.8) is 0 Å². The van der Waals surface area contributed by atoms with E-state index in [0.717, 1.165) is 64.1 Å². The molecule has 9 heteroatoms. The Labute approximate surface area is 263 Å². The third-order valence-electron chi connectivity index (χ3n) is 7.83. The van der Waals surface area contributed by atoms with E-state index in [0.29, 0.717) is 0 Å². The molecule has 0 saturated heterocycles. The molecule has 1 aliphatic carbocycles. The van der Waals surface area contributed by atoms with E-state index < -0.39 is 28.9 Å². The van der Waals surface area contributed by atoms with Crippen LogP contribution in [0.25, 0.3) is 39.3 Å². The molecule has 45 heavy (non-hydrogen) atoms. The van der Waals surface area contributed by atoms with Crippen LogP contribution in [0.1, 0.15) is 66.4 Å². The van der Waals surface area contributed by atoms with Crippen molar-refractivity contribution in [1.29, 1.82) is 0 Å². The van der Waals surface area contributed by atoms with Gasteiger partial charge in [0.2, 0.25) is 0 Å². The summed E-state index contributed by atoms with van der Waals surface area (Å²) in [4.78, 5) is 30.3. The Morgan fingerprint density at radius 1 is 0.822 bits per heavy atom. The molecule has 0 spiro atoms. The number of carbonyl (C=O) groups is 2. The fourth-order valence-corrected chi connectivity index (χ4v) is 5.64. The van der Waals surface area contributed by atoms with Crippen LogP contribution in [0.2, 0.25) is 0 Å². The van der Waals surface area contributed by atoms with Crippen LogP contribution >= 0.6 is 0 Å². The Morgan fingerprint density at radius 3 is 2.13 bits per heavy atom. The van der Waals surface area contributed by atoms with Crippen LogP contribution in [0.3, 0.4) is 0 Å². The lowest BCUT2D eigenvalue weighted by Gasteiger charge is -2.43. The maximum Gasteiger partial charge on any atom is 0.435 e.